The highest BCUT2D eigenvalue weighted by molar-refractivity contribution is 9.10. The van der Waals surface area contributed by atoms with Gasteiger partial charge in [-0.05, 0) is 33.6 Å². The maximum absolute atomic E-state index is 4.38. The Hall–Kier alpha value is -0.390. The normalized spacial score (nSPS) is 10.4. The lowest BCUT2D eigenvalue weighted by Crippen LogP contribution is -2.15. The fraction of sp³-hybridized carbons (Fsp3) is 0.182. The van der Waals surface area contributed by atoms with Crippen molar-refractivity contribution in [2.75, 3.05) is 11.9 Å². The lowest BCUT2D eigenvalue weighted by atomic mass is 10.2. The molecule has 5 heteroatoms. The Kier molecular flexibility index (Phi) is 4.00. The summed E-state index contributed by atoms with van der Waals surface area (Å²) in [6, 6.07) is 8.34. The Morgan fingerprint density at radius 3 is 2.50 bits per heavy atom. The van der Waals surface area contributed by atoms with Crippen LogP contribution in [0.15, 0.2) is 38.7 Å². The summed E-state index contributed by atoms with van der Waals surface area (Å²) >= 11 is 8.43. The molecule has 1 aromatic heterocycles. The second kappa shape index (κ2) is 5.29. The first-order valence-electron chi connectivity index (χ1n) is 4.72. The van der Waals surface area contributed by atoms with Crippen LogP contribution < -0.4 is 4.90 Å². The molecule has 2 rings (SSSR count). The zero-order valence-electron chi connectivity index (χ0n) is 8.65. The molecule has 0 aliphatic carbocycles. The minimum atomic E-state index is 0.868. The van der Waals surface area contributed by atoms with E-state index >= 15 is 0 Å². The van der Waals surface area contributed by atoms with Gasteiger partial charge in [0.1, 0.15) is 4.60 Å². The third kappa shape index (κ3) is 3.06. The average molecular weight is 362 g/mol. The predicted molar refractivity (Wildman–Crippen MR) is 76.1 cm³/mol. The maximum Gasteiger partial charge on any atom is 0.186 e. The van der Waals surface area contributed by atoms with Crippen molar-refractivity contribution in [1.82, 2.24) is 4.98 Å². The van der Waals surface area contributed by atoms with Gasteiger partial charge in [0.25, 0.3) is 0 Å². The van der Waals surface area contributed by atoms with Gasteiger partial charge in [-0.25, -0.2) is 4.98 Å². The Morgan fingerprint density at radius 2 is 1.94 bits per heavy atom. The highest BCUT2D eigenvalue weighted by atomic mass is 79.9. The molecule has 2 aromatic rings. The molecule has 16 heavy (non-hydrogen) atoms. The third-order valence-corrected chi connectivity index (χ3v) is 4.32. The van der Waals surface area contributed by atoms with Gasteiger partial charge in [0.15, 0.2) is 5.13 Å². The van der Waals surface area contributed by atoms with Gasteiger partial charge in [-0.3, -0.25) is 0 Å². The number of nitrogens with zero attached hydrogens (tertiary/aromatic N) is 2. The van der Waals surface area contributed by atoms with Crippen LogP contribution in [0.4, 0.5) is 5.13 Å². The summed E-state index contributed by atoms with van der Waals surface area (Å²) in [6.07, 6.45) is 0. The van der Waals surface area contributed by atoms with E-state index in [9.17, 15) is 0 Å². The van der Waals surface area contributed by atoms with E-state index in [0.717, 1.165) is 20.8 Å². The number of halogens is 2. The smallest absolute Gasteiger partial charge is 0.186 e. The van der Waals surface area contributed by atoms with Crippen molar-refractivity contribution in [1.29, 1.82) is 0 Å². The predicted octanol–water partition coefficient (Wildman–Crippen LogP) is 4.30. The topological polar surface area (TPSA) is 16.1 Å². The largest absolute Gasteiger partial charge is 0.347 e. The molecule has 0 spiro atoms. The highest BCUT2D eigenvalue weighted by Gasteiger charge is 2.06. The molecule has 0 aliphatic rings. The van der Waals surface area contributed by atoms with Crippen LogP contribution in [0.1, 0.15) is 5.56 Å². The first kappa shape index (κ1) is 12.1. The van der Waals surface area contributed by atoms with Gasteiger partial charge in [-0.15, -0.1) is 11.3 Å². The molecule has 2 nitrogen and oxygen atoms in total. The lowest BCUT2D eigenvalue weighted by molar-refractivity contribution is 0.912. The summed E-state index contributed by atoms with van der Waals surface area (Å²) in [5, 5.41) is 3.02. The van der Waals surface area contributed by atoms with Crippen LogP contribution in [0, 0.1) is 0 Å². The Balaban J connectivity index is 2.07. The van der Waals surface area contributed by atoms with E-state index in [0.29, 0.717) is 0 Å². The van der Waals surface area contributed by atoms with Gasteiger partial charge >= 0.3 is 0 Å². The molecular formula is C11H10Br2N2S. The molecule has 0 fully saturated rings. The molecular weight excluding hydrogens is 352 g/mol. The van der Waals surface area contributed by atoms with Gasteiger partial charge < -0.3 is 4.90 Å². The Morgan fingerprint density at radius 1 is 1.25 bits per heavy atom. The van der Waals surface area contributed by atoms with E-state index in [2.05, 4.69) is 66.0 Å². The number of anilines is 1. The molecule has 1 heterocycles. The summed E-state index contributed by atoms with van der Waals surface area (Å²) in [7, 11) is 2.05. The van der Waals surface area contributed by atoms with Gasteiger partial charge in [-0.2, -0.15) is 0 Å². The Labute approximate surface area is 116 Å². The molecule has 0 unspecified atom stereocenters. The van der Waals surface area contributed by atoms with E-state index in [4.69, 9.17) is 0 Å². The van der Waals surface area contributed by atoms with Crippen LogP contribution in [0.3, 0.4) is 0 Å². The van der Waals surface area contributed by atoms with E-state index in [1.165, 1.54) is 5.56 Å². The molecule has 0 aliphatic heterocycles. The summed E-state index contributed by atoms with van der Waals surface area (Å²) in [6.45, 7) is 0.868. The van der Waals surface area contributed by atoms with E-state index < -0.39 is 0 Å². The molecule has 84 valence electrons. The number of hydrogen-bond acceptors (Lipinski definition) is 3. The second-order valence-corrected chi connectivity index (χ2v) is 6.00. The van der Waals surface area contributed by atoms with Crippen LogP contribution in [-0.2, 0) is 6.54 Å². The lowest BCUT2D eigenvalue weighted by Gasteiger charge is -2.15. The summed E-state index contributed by atoms with van der Waals surface area (Å²) < 4.78 is 2.01. The number of rotatable bonds is 3. The van der Waals surface area contributed by atoms with Crippen molar-refractivity contribution in [3.05, 3.63) is 44.3 Å². The van der Waals surface area contributed by atoms with Crippen molar-refractivity contribution < 1.29 is 0 Å². The van der Waals surface area contributed by atoms with E-state index in [1.54, 1.807) is 11.3 Å². The number of hydrogen-bond donors (Lipinski definition) is 0. The SMILES string of the molecule is CN(Cc1ccc(Br)cc1)c1nc(Br)cs1. The van der Waals surface area contributed by atoms with Crippen molar-refractivity contribution in [2.45, 2.75) is 6.54 Å². The zero-order chi connectivity index (χ0) is 11.5. The summed E-state index contributed by atoms with van der Waals surface area (Å²) in [4.78, 5) is 6.51. The van der Waals surface area contributed by atoms with E-state index in [1.807, 2.05) is 12.4 Å². The first-order valence-corrected chi connectivity index (χ1v) is 7.18. The van der Waals surface area contributed by atoms with Crippen LogP contribution >= 0.6 is 43.2 Å². The van der Waals surface area contributed by atoms with Crippen molar-refractivity contribution in [2.24, 2.45) is 0 Å². The number of thiazole rings is 1. The maximum atomic E-state index is 4.38. The second-order valence-electron chi connectivity index (χ2n) is 3.44. The minimum Gasteiger partial charge on any atom is -0.347 e. The zero-order valence-corrected chi connectivity index (χ0v) is 12.6. The van der Waals surface area contributed by atoms with Gasteiger partial charge in [-0.1, -0.05) is 28.1 Å². The van der Waals surface area contributed by atoms with Crippen molar-refractivity contribution in [3.8, 4) is 0 Å². The molecule has 0 radical (unpaired) electrons. The monoisotopic (exact) mass is 360 g/mol. The standard InChI is InChI=1S/C11H10Br2N2S/c1-15(11-14-10(13)7-16-11)6-8-2-4-9(12)5-3-8/h2-5,7H,6H2,1H3. The molecule has 0 saturated carbocycles. The highest BCUT2D eigenvalue weighted by Crippen LogP contribution is 2.24. The van der Waals surface area contributed by atoms with Crippen molar-refractivity contribution in [3.63, 3.8) is 0 Å². The minimum absolute atomic E-state index is 0.868. The summed E-state index contributed by atoms with van der Waals surface area (Å²) in [5.74, 6) is 0. The van der Waals surface area contributed by atoms with Crippen LogP contribution in [0.2, 0.25) is 0 Å². The molecule has 1 aromatic carbocycles. The van der Waals surface area contributed by atoms with Crippen LogP contribution in [-0.4, -0.2) is 12.0 Å². The van der Waals surface area contributed by atoms with Gasteiger partial charge in [0.05, 0.1) is 0 Å². The Bertz CT molecular complexity index is 467. The molecule has 0 atom stereocenters. The number of benzene rings is 1. The van der Waals surface area contributed by atoms with Gasteiger partial charge in [0.2, 0.25) is 0 Å². The first-order chi connectivity index (χ1) is 7.65. The summed E-state index contributed by atoms with van der Waals surface area (Å²) in [5.41, 5.74) is 1.28. The fourth-order valence-electron chi connectivity index (χ4n) is 1.35. The van der Waals surface area contributed by atoms with Crippen molar-refractivity contribution >= 4 is 48.3 Å². The van der Waals surface area contributed by atoms with Crippen LogP contribution in [0.25, 0.3) is 0 Å². The quantitative estimate of drug-likeness (QED) is 0.809. The third-order valence-electron chi connectivity index (χ3n) is 2.12. The average Bonchev–Trinajstić information content (AvgIpc) is 2.68. The van der Waals surface area contributed by atoms with Gasteiger partial charge in [0, 0.05) is 23.4 Å². The fourth-order valence-corrected chi connectivity index (χ4v) is 2.83. The van der Waals surface area contributed by atoms with E-state index in [-0.39, 0.29) is 0 Å². The molecule has 0 saturated heterocycles. The molecule has 0 N–H and O–H groups in total. The molecule has 0 bridgehead atoms. The molecule has 0 amide bonds. The number of aromatic nitrogens is 1. The van der Waals surface area contributed by atoms with Crippen LogP contribution in [0.5, 0.6) is 0 Å².